The first kappa shape index (κ1) is 15.6. The van der Waals surface area contributed by atoms with E-state index in [9.17, 15) is 10.1 Å². The number of aromatic nitrogens is 3. The van der Waals surface area contributed by atoms with E-state index in [0.717, 1.165) is 5.56 Å². The lowest BCUT2D eigenvalue weighted by Gasteiger charge is -2.10. The summed E-state index contributed by atoms with van der Waals surface area (Å²) in [5.74, 6) is 1.43. The summed E-state index contributed by atoms with van der Waals surface area (Å²) in [5.41, 5.74) is 1.17. The van der Waals surface area contributed by atoms with Crippen molar-refractivity contribution in [2.45, 2.75) is 19.9 Å². The maximum absolute atomic E-state index is 10.8. The second-order valence-corrected chi connectivity index (χ2v) is 5.25. The van der Waals surface area contributed by atoms with Crippen LogP contribution in [-0.4, -0.2) is 20.0 Å². The number of rotatable bonds is 5. The minimum Gasteiger partial charge on any atom is -0.360 e. The van der Waals surface area contributed by atoms with E-state index >= 15 is 0 Å². The van der Waals surface area contributed by atoms with Crippen molar-refractivity contribution >= 4 is 11.5 Å². The summed E-state index contributed by atoms with van der Waals surface area (Å²) < 4.78 is 5.27. The van der Waals surface area contributed by atoms with Gasteiger partial charge in [0.2, 0.25) is 0 Å². The molecule has 0 bridgehead atoms. The van der Waals surface area contributed by atoms with Crippen LogP contribution in [0, 0.1) is 17.0 Å². The molecule has 1 aromatic carbocycles. The highest BCUT2D eigenvalue weighted by Crippen LogP contribution is 2.23. The van der Waals surface area contributed by atoms with Crippen molar-refractivity contribution in [3.63, 3.8) is 0 Å². The molecule has 3 rings (SSSR count). The van der Waals surface area contributed by atoms with E-state index in [1.54, 1.807) is 13.0 Å². The Balaban J connectivity index is 1.76. The van der Waals surface area contributed by atoms with Crippen molar-refractivity contribution < 1.29 is 9.45 Å². The molecule has 0 amide bonds. The van der Waals surface area contributed by atoms with Crippen LogP contribution in [-0.2, 0) is 0 Å². The summed E-state index contributed by atoms with van der Waals surface area (Å²) in [5, 5.41) is 17.9. The molecular weight excluding hydrogens is 310 g/mol. The number of nitro groups is 1. The molecule has 0 aliphatic heterocycles. The van der Waals surface area contributed by atoms with E-state index in [-0.39, 0.29) is 11.7 Å². The zero-order valence-corrected chi connectivity index (χ0v) is 13.1. The van der Waals surface area contributed by atoms with E-state index < -0.39 is 4.92 Å². The van der Waals surface area contributed by atoms with Crippen LogP contribution in [0.4, 0.5) is 11.5 Å². The minimum absolute atomic E-state index is 0.0147. The molecule has 0 saturated heterocycles. The largest absolute Gasteiger partial charge is 0.360 e. The van der Waals surface area contributed by atoms with Crippen LogP contribution in [0.1, 0.15) is 24.5 Å². The normalized spacial score (nSPS) is 11.9. The van der Waals surface area contributed by atoms with Crippen LogP contribution >= 0.6 is 0 Å². The first-order valence-electron chi connectivity index (χ1n) is 7.32. The molecule has 3 aromatic rings. The van der Waals surface area contributed by atoms with Gasteiger partial charge in [0.15, 0.2) is 5.82 Å². The van der Waals surface area contributed by atoms with Gasteiger partial charge in [0, 0.05) is 11.6 Å². The molecule has 24 heavy (non-hydrogen) atoms. The van der Waals surface area contributed by atoms with Gasteiger partial charge in [-0.3, -0.25) is 10.1 Å². The van der Waals surface area contributed by atoms with E-state index in [1.165, 1.54) is 6.07 Å². The van der Waals surface area contributed by atoms with Crippen molar-refractivity contribution in [1.29, 1.82) is 0 Å². The van der Waals surface area contributed by atoms with Gasteiger partial charge in [0.05, 0.1) is 11.0 Å². The number of hydrogen-bond donors (Lipinski definition) is 1. The average molecular weight is 325 g/mol. The van der Waals surface area contributed by atoms with Gasteiger partial charge >= 0.3 is 0 Å². The van der Waals surface area contributed by atoms with E-state index in [1.807, 2.05) is 37.3 Å². The predicted molar refractivity (Wildman–Crippen MR) is 87.4 cm³/mol. The van der Waals surface area contributed by atoms with Gasteiger partial charge in [-0.2, -0.15) is 4.98 Å². The van der Waals surface area contributed by atoms with Gasteiger partial charge in [0.25, 0.3) is 11.6 Å². The monoisotopic (exact) mass is 325 g/mol. The number of nitrogens with one attached hydrogen (secondary N) is 1. The minimum atomic E-state index is -0.457. The fourth-order valence-electron chi connectivity index (χ4n) is 2.22. The lowest BCUT2D eigenvalue weighted by Crippen LogP contribution is -2.10. The summed E-state index contributed by atoms with van der Waals surface area (Å²) in [6.45, 7) is 3.45. The van der Waals surface area contributed by atoms with Gasteiger partial charge in [0.1, 0.15) is 11.5 Å². The van der Waals surface area contributed by atoms with E-state index in [2.05, 4.69) is 20.4 Å². The summed E-state index contributed by atoms with van der Waals surface area (Å²) in [4.78, 5) is 18.9. The van der Waals surface area contributed by atoms with Gasteiger partial charge in [-0.05, 0) is 32.0 Å². The number of anilines is 1. The molecular formula is C16H15N5O3. The fourth-order valence-corrected chi connectivity index (χ4v) is 2.22. The van der Waals surface area contributed by atoms with Crippen LogP contribution in [0.15, 0.2) is 47.0 Å². The molecule has 0 aliphatic carbocycles. The van der Waals surface area contributed by atoms with Crippen molar-refractivity contribution in [2.24, 2.45) is 0 Å². The van der Waals surface area contributed by atoms with Gasteiger partial charge in [-0.1, -0.05) is 23.4 Å². The van der Waals surface area contributed by atoms with Gasteiger partial charge < -0.3 is 9.84 Å². The maximum Gasteiger partial charge on any atom is 0.290 e. The third-order valence-electron chi connectivity index (χ3n) is 3.47. The van der Waals surface area contributed by atoms with Crippen molar-refractivity contribution in [3.8, 4) is 11.5 Å². The van der Waals surface area contributed by atoms with Crippen molar-refractivity contribution in [3.05, 3.63) is 64.1 Å². The quantitative estimate of drug-likeness (QED) is 0.565. The zero-order valence-electron chi connectivity index (χ0n) is 13.1. The summed E-state index contributed by atoms with van der Waals surface area (Å²) in [6.07, 6.45) is 0. The molecule has 2 heterocycles. The van der Waals surface area contributed by atoms with Crippen LogP contribution in [0.3, 0.4) is 0 Å². The Hall–Kier alpha value is -3.29. The Morgan fingerprint density at radius 1 is 1.17 bits per heavy atom. The third-order valence-corrected chi connectivity index (χ3v) is 3.47. The molecule has 0 aliphatic rings. The van der Waals surface area contributed by atoms with Crippen LogP contribution < -0.4 is 5.32 Å². The first-order chi connectivity index (χ1) is 11.5. The van der Waals surface area contributed by atoms with Gasteiger partial charge in [-0.25, -0.2) is 4.98 Å². The molecule has 8 nitrogen and oxygen atoms in total. The fraction of sp³-hybridized carbons (Fsp3) is 0.188. The van der Waals surface area contributed by atoms with E-state index in [0.29, 0.717) is 23.2 Å². The Morgan fingerprint density at radius 3 is 2.58 bits per heavy atom. The highest BCUT2D eigenvalue weighted by atomic mass is 16.6. The number of nitrogens with zero attached hydrogens (tertiary/aromatic N) is 4. The van der Waals surface area contributed by atoms with Crippen LogP contribution in [0.25, 0.3) is 11.5 Å². The number of aryl methyl sites for hydroxylation is 1. The number of benzene rings is 1. The summed E-state index contributed by atoms with van der Waals surface area (Å²) in [6, 6.07) is 12.2. The Labute approximate surface area is 137 Å². The molecule has 1 atom stereocenters. The molecule has 0 fully saturated rings. The van der Waals surface area contributed by atoms with Crippen molar-refractivity contribution in [1.82, 2.24) is 15.1 Å². The average Bonchev–Trinajstić information content (AvgIpc) is 3.05. The molecule has 0 radical (unpaired) electrons. The third kappa shape index (κ3) is 3.22. The lowest BCUT2D eigenvalue weighted by molar-refractivity contribution is -0.385. The second-order valence-electron chi connectivity index (χ2n) is 5.25. The number of hydrogen-bond acceptors (Lipinski definition) is 7. The maximum atomic E-state index is 10.8. The molecule has 8 heteroatoms. The number of pyridine rings is 1. The Bertz CT molecular complexity index is 863. The van der Waals surface area contributed by atoms with E-state index in [4.69, 9.17) is 4.52 Å². The lowest BCUT2D eigenvalue weighted by atomic mass is 10.2. The second kappa shape index (κ2) is 6.45. The molecule has 2 aromatic heterocycles. The highest BCUT2D eigenvalue weighted by molar-refractivity contribution is 5.52. The van der Waals surface area contributed by atoms with Crippen LogP contribution in [0.5, 0.6) is 0 Å². The molecule has 1 unspecified atom stereocenters. The predicted octanol–water partition coefficient (Wildman–Crippen LogP) is 3.52. The highest BCUT2D eigenvalue weighted by Gasteiger charge is 2.17. The van der Waals surface area contributed by atoms with Gasteiger partial charge in [-0.15, -0.1) is 0 Å². The Kier molecular flexibility index (Phi) is 4.19. The molecule has 0 spiro atoms. The molecule has 1 N–H and O–H groups in total. The molecule has 122 valence electrons. The standard InChI is InChI=1S/C16H15N5O3/c1-10-13(21(22)23)8-9-14(17-10)18-11(2)15-19-16(24-20-15)12-6-4-3-5-7-12/h3-9,11H,1-2H3,(H,17,18). The first-order valence-corrected chi connectivity index (χ1v) is 7.32. The summed E-state index contributed by atoms with van der Waals surface area (Å²) >= 11 is 0. The molecule has 0 saturated carbocycles. The Morgan fingerprint density at radius 2 is 1.92 bits per heavy atom. The smallest absolute Gasteiger partial charge is 0.290 e. The van der Waals surface area contributed by atoms with Crippen LogP contribution in [0.2, 0.25) is 0 Å². The summed E-state index contributed by atoms with van der Waals surface area (Å²) in [7, 11) is 0. The topological polar surface area (TPSA) is 107 Å². The zero-order chi connectivity index (χ0) is 17.1. The SMILES string of the molecule is Cc1nc(NC(C)c2noc(-c3ccccc3)n2)ccc1[N+](=O)[O-]. The van der Waals surface area contributed by atoms with Crippen molar-refractivity contribution in [2.75, 3.05) is 5.32 Å².